The number of fused-ring (bicyclic) bond motifs is 1. The average Bonchev–Trinajstić information content (AvgIpc) is 3.04. The summed E-state index contributed by atoms with van der Waals surface area (Å²) < 4.78 is 22.5. The van der Waals surface area contributed by atoms with Crippen LogP contribution in [0.3, 0.4) is 0 Å². The van der Waals surface area contributed by atoms with Gasteiger partial charge in [0.15, 0.2) is 0 Å². The molecule has 1 heterocycles. The van der Waals surface area contributed by atoms with Crippen LogP contribution < -0.4 is 21.1 Å². The van der Waals surface area contributed by atoms with Gasteiger partial charge in [-0.1, -0.05) is 18.2 Å². The van der Waals surface area contributed by atoms with E-state index in [0.717, 1.165) is 11.3 Å². The Hall–Kier alpha value is -4.02. The first-order valence-corrected chi connectivity index (χ1v) is 10.6. The molecule has 3 aromatic carbocycles. The number of primary sulfonamides is 1. The third-order valence-corrected chi connectivity index (χ3v) is 5.38. The molecule has 0 saturated carbocycles. The molecule has 0 aliphatic carbocycles. The first kappa shape index (κ1) is 20.3. The lowest BCUT2D eigenvalue weighted by Crippen LogP contribution is -2.19. The van der Waals surface area contributed by atoms with Gasteiger partial charge in [-0.2, -0.15) is 0 Å². The van der Waals surface area contributed by atoms with Crippen LogP contribution in [0.15, 0.2) is 82.7 Å². The van der Waals surface area contributed by atoms with Gasteiger partial charge in [-0.05, 0) is 54.6 Å². The summed E-state index contributed by atoms with van der Waals surface area (Å²) in [5, 5.41) is 13.1. The second-order valence-corrected chi connectivity index (χ2v) is 8.22. The molecule has 0 atom stereocenters. The summed E-state index contributed by atoms with van der Waals surface area (Å²) in [4.78, 5) is 28.7. The molecule has 0 bridgehead atoms. The molecular formula is C21H17N5O4S. The number of nitrogens with zero attached hydrogens (tertiary/aromatic N) is 1. The van der Waals surface area contributed by atoms with Crippen LogP contribution in [0.1, 0.15) is 5.56 Å². The number of nitrogens with one attached hydrogen (secondary N) is 3. The summed E-state index contributed by atoms with van der Waals surface area (Å²) in [5.41, 5.74) is 3.27. The zero-order valence-corrected chi connectivity index (χ0v) is 16.8. The molecule has 0 fully saturated rings. The fraction of sp³-hybridized carbons (Fsp3) is 0. The molecule has 3 amide bonds. The molecule has 0 radical (unpaired) electrons. The van der Waals surface area contributed by atoms with E-state index >= 15 is 0 Å². The molecule has 0 aromatic heterocycles. The monoisotopic (exact) mass is 435 g/mol. The number of amides is 3. The molecule has 0 unspecified atom stereocenters. The third-order valence-electron chi connectivity index (χ3n) is 4.45. The van der Waals surface area contributed by atoms with Crippen molar-refractivity contribution in [2.24, 2.45) is 10.1 Å². The SMILES string of the molecule is NS(=O)(=O)c1ccc(NC(=O)Nc2ccc(N=C3C(=O)Nc4ccccc43)cc2)cc1. The minimum absolute atomic E-state index is 0.0470. The minimum atomic E-state index is -3.79. The van der Waals surface area contributed by atoms with Crippen molar-refractivity contribution in [1.82, 2.24) is 0 Å². The fourth-order valence-corrected chi connectivity index (χ4v) is 3.50. The summed E-state index contributed by atoms with van der Waals surface area (Å²) in [6, 6.07) is 18.9. The fourth-order valence-electron chi connectivity index (χ4n) is 2.98. The van der Waals surface area contributed by atoms with E-state index in [1.54, 1.807) is 24.3 Å². The quantitative estimate of drug-likeness (QED) is 0.499. The summed E-state index contributed by atoms with van der Waals surface area (Å²) in [7, 11) is -3.79. The smallest absolute Gasteiger partial charge is 0.320 e. The Balaban J connectivity index is 1.42. The Morgan fingerprint density at radius 3 is 2.06 bits per heavy atom. The minimum Gasteiger partial charge on any atom is -0.320 e. The van der Waals surface area contributed by atoms with Gasteiger partial charge in [0.1, 0.15) is 5.71 Å². The molecule has 0 saturated heterocycles. The predicted molar refractivity (Wildman–Crippen MR) is 118 cm³/mol. The number of urea groups is 1. The van der Waals surface area contributed by atoms with Crippen LogP contribution in [0.5, 0.6) is 0 Å². The summed E-state index contributed by atoms with van der Waals surface area (Å²) in [6.45, 7) is 0. The number of sulfonamides is 1. The van der Waals surface area contributed by atoms with Gasteiger partial charge in [0.25, 0.3) is 5.91 Å². The van der Waals surface area contributed by atoms with Crippen molar-refractivity contribution < 1.29 is 18.0 Å². The van der Waals surface area contributed by atoms with Gasteiger partial charge in [-0.15, -0.1) is 0 Å². The Kier molecular flexibility index (Phi) is 5.24. The zero-order chi connectivity index (χ0) is 22.0. The number of aliphatic imine (C=N–C) groups is 1. The normalized spacial score (nSPS) is 14.1. The van der Waals surface area contributed by atoms with Gasteiger partial charge in [-0.25, -0.2) is 23.3 Å². The number of anilines is 3. The van der Waals surface area contributed by atoms with Gasteiger partial charge in [0, 0.05) is 16.9 Å². The van der Waals surface area contributed by atoms with Crippen LogP contribution in [0.2, 0.25) is 0 Å². The van der Waals surface area contributed by atoms with E-state index in [-0.39, 0.29) is 10.8 Å². The van der Waals surface area contributed by atoms with Crippen LogP contribution in [-0.2, 0) is 14.8 Å². The van der Waals surface area contributed by atoms with Crippen molar-refractivity contribution in [3.05, 3.63) is 78.4 Å². The van der Waals surface area contributed by atoms with Gasteiger partial charge in [0.2, 0.25) is 10.0 Å². The molecule has 3 aromatic rings. The van der Waals surface area contributed by atoms with E-state index in [1.807, 2.05) is 24.3 Å². The molecule has 156 valence electrons. The van der Waals surface area contributed by atoms with Crippen molar-refractivity contribution in [1.29, 1.82) is 0 Å². The molecule has 31 heavy (non-hydrogen) atoms. The Morgan fingerprint density at radius 2 is 1.45 bits per heavy atom. The average molecular weight is 435 g/mol. The number of nitrogens with two attached hydrogens (primary N) is 1. The van der Waals surface area contributed by atoms with Gasteiger partial charge < -0.3 is 16.0 Å². The van der Waals surface area contributed by atoms with Crippen LogP contribution in [0, 0.1) is 0 Å². The highest BCUT2D eigenvalue weighted by molar-refractivity contribution is 7.89. The van der Waals surface area contributed by atoms with Gasteiger partial charge >= 0.3 is 6.03 Å². The molecule has 10 heteroatoms. The Bertz CT molecular complexity index is 1300. The van der Waals surface area contributed by atoms with Crippen molar-refractivity contribution in [3.8, 4) is 0 Å². The van der Waals surface area contributed by atoms with E-state index < -0.39 is 16.1 Å². The highest BCUT2D eigenvalue weighted by atomic mass is 32.2. The summed E-state index contributed by atoms with van der Waals surface area (Å²) in [6.07, 6.45) is 0. The first-order chi connectivity index (χ1) is 14.8. The van der Waals surface area contributed by atoms with E-state index in [4.69, 9.17) is 5.14 Å². The van der Waals surface area contributed by atoms with Gasteiger partial charge in [-0.3, -0.25) is 4.79 Å². The lowest BCUT2D eigenvalue weighted by atomic mass is 10.1. The van der Waals surface area contributed by atoms with E-state index in [1.165, 1.54) is 24.3 Å². The van der Waals surface area contributed by atoms with Crippen molar-refractivity contribution in [2.75, 3.05) is 16.0 Å². The first-order valence-electron chi connectivity index (χ1n) is 9.10. The number of para-hydroxylation sites is 1. The van der Waals surface area contributed by atoms with Gasteiger partial charge in [0.05, 0.1) is 16.3 Å². The lowest BCUT2D eigenvalue weighted by molar-refractivity contribution is -0.110. The second-order valence-electron chi connectivity index (χ2n) is 6.66. The van der Waals surface area contributed by atoms with Crippen molar-refractivity contribution in [2.45, 2.75) is 4.90 Å². The highest BCUT2D eigenvalue weighted by Crippen LogP contribution is 2.26. The predicted octanol–water partition coefficient (Wildman–Crippen LogP) is 3.05. The second kappa shape index (κ2) is 8.01. The topological polar surface area (TPSA) is 143 Å². The van der Waals surface area contributed by atoms with Crippen molar-refractivity contribution >= 4 is 50.4 Å². The number of hydrogen-bond donors (Lipinski definition) is 4. The largest absolute Gasteiger partial charge is 0.323 e. The van der Waals surface area contributed by atoms with Crippen LogP contribution in [0.25, 0.3) is 0 Å². The van der Waals surface area contributed by atoms with Crippen LogP contribution >= 0.6 is 0 Å². The molecule has 0 spiro atoms. The molecule has 1 aliphatic rings. The van der Waals surface area contributed by atoms with Crippen LogP contribution in [-0.4, -0.2) is 26.1 Å². The van der Waals surface area contributed by atoms with E-state index in [9.17, 15) is 18.0 Å². The maximum absolute atomic E-state index is 12.2. The van der Waals surface area contributed by atoms with E-state index in [0.29, 0.717) is 22.8 Å². The number of hydrogen-bond acceptors (Lipinski definition) is 5. The third kappa shape index (κ3) is 4.60. The molecule has 5 N–H and O–H groups in total. The summed E-state index contributed by atoms with van der Waals surface area (Å²) >= 11 is 0. The zero-order valence-electron chi connectivity index (χ0n) is 16.0. The van der Waals surface area contributed by atoms with Crippen LogP contribution in [0.4, 0.5) is 27.5 Å². The lowest BCUT2D eigenvalue weighted by Gasteiger charge is -2.08. The Labute approximate surface area is 178 Å². The summed E-state index contributed by atoms with van der Waals surface area (Å²) in [5.74, 6) is -0.267. The van der Waals surface area contributed by atoms with Crippen molar-refractivity contribution in [3.63, 3.8) is 0 Å². The number of rotatable bonds is 4. The standard InChI is InChI=1S/C21H17N5O4S/c22-31(29,30)16-11-9-15(10-12-16)25-21(28)24-14-7-5-13(6-8-14)23-19-17-3-1-2-4-18(17)26-20(19)27/h1-12H,(H2,22,29,30)(H,23,26,27)(H2,24,25,28). The Morgan fingerprint density at radius 1 is 0.871 bits per heavy atom. The number of carbonyl (C=O) groups excluding carboxylic acids is 2. The molecule has 4 rings (SSSR count). The highest BCUT2D eigenvalue weighted by Gasteiger charge is 2.25. The maximum Gasteiger partial charge on any atom is 0.323 e. The maximum atomic E-state index is 12.2. The molecular weight excluding hydrogens is 418 g/mol. The molecule has 9 nitrogen and oxygen atoms in total. The molecule has 1 aliphatic heterocycles. The number of carbonyl (C=O) groups is 2. The van der Waals surface area contributed by atoms with E-state index in [2.05, 4.69) is 20.9 Å². The number of benzene rings is 3.